The molecule has 0 N–H and O–H groups in total. The van der Waals surface area contributed by atoms with Crippen molar-refractivity contribution in [3.63, 3.8) is 0 Å². The second-order valence-electron chi connectivity index (χ2n) is 6.52. The minimum absolute atomic E-state index is 0. The third kappa shape index (κ3) is 3.96. The van der Waals surface area contributed by atoms with Gasteiger partial charge in [0, 0.05) is 39.1 Å². The number of piperidine rings is 1. The van der Waals surface area contributed by atoms with Crippen LogP contribution in [0.5, 0.6) is 0 Å². The van der Waals surface area contributed by atoms with E-state index in [2.05, 4.69) is 42.2 Å². The van der Waals surface area contributed by atoms with Crippen LogP contribution >= 0.6 is 12.4 Å². The van der Waals surface area contributed by atoms with E-state index >= 15 is 0 Å². The number of carbonyl (C=O) groups excluding carboxylic acids is 1. The molecular weight excluding hydrogens is 308 g/mol. The summed E-state index contributed by atoms with van der Waals surface area (Å²) in [6.07, 6.45) is 6.12. The maximum atomic E-state index is 12.0. The molecule has 0 bridgehead atoms. The number of carbonyl (C=O) groups is 1. The van der Waals surface area contributed by atoms with Crippen LogP contribution in [0.25, 0.3) is 11.6 Å². The van der Waals surface area contributed by atoms with Gasteiger partial charge in [0.25, 0.3) is 0 Å². The molecule has 0 atom stereocenters. The van der Waals surface area contributed by atoms with Crippen LogP contribution in [0.2, 0.25) is 0 Å². The third-order valence-corrected chi connectivity index (χ3v) is 4.99. The van der Waals surface area contributed by atoms with Gasteiger partial charge in [-0.15, -0.1) is 12.4 Å². The average molecular weight is 335 g/mol. The van der Waals surface area contributed by atoms with E-state index in [4.69, 9.17) is 0 Å². The van der Waals surface area contributed by atoms with Crippen LogP contribution in [0, 0.1) is 0 Å². The highest BCUT2D eigenvalue weighted by Gasteiger charge is 2.26. The van der Waals surface area contributed by atoms with E-state index < -0.39 is 0 Å². The minimum atomic E-state index is 0. The zero-order valence-corrected chi connectivity index (χ0v) is 14.9. The van der Waals surface area contributed by atoms with Crippen LogP contribution < -0.4 is 0 Å². The first kappa shape index (κ1) is 18.0. The quantitative estimate of drug-likeness (QED) is 0.820. The van der Waals surface area contributed by atoms with Crippen molar-refractivity contribution in [3.8, 4) is 0 Å². The molecule has 1 amide bonds. The number of hydrogen-bond acceptors (Lipinski definition) is 2. The van der Waals surface area contributed by atoms with Crippen LogP contribution in [0.1, 0.15) is 43.7 Å². The van der Waals surface area contributed by atoms with Crippen molar-refractivity contribution in [2.45, 2.75) is 38.6 Å². The second kappa shape index (κ2) is 7.98. The zero-order chi connectivity index (χ0) is 15.5. The fourth-order valence-corrected chi connectivity index (χ4v) is 3.53. The van der Waals surface area contributed by atoms with Crippen molar-refractivity contribution in [1.82, 2.24) is 9.80 Å². The van der Waals surface area contributed by atoms with Gasteiger partial charge in [-0.05, 0) is 42.0 Å². The highest BCUT2D eigenvalue weighted by molar-refractivity contribution is 5.96. The van der Waals surface area contributed by atoms with Gasteiger partial charge >= 0.3 is 0 Å². The molecular formula is C19H27ClN2O. The Hall–Kier alpha value is -1.32. The van der Waals surface area contributed by atoms with E-state index in [1.807, 2.05) is 11.9 Å². The largest absolute Gasteiger partial charge is 0.343 e. The van der Waals surface area contributed by atoms with Crippen molar-refractivity contribution in [2.24, 2.45) is 0 Å². The Morgan fingerprint density at radius 2 is 1.96 bits per heavy atom. The zero-order valence-electron chi connectivity index (χ0n) is 14.1. The average Bonchev–Trinajstić information content (AvgIpc) is 2.53. The van der Waals surface area contributed by atoms with Gasteiger partial charge in [0.15, 0.2) is 0 Å². The van der Waals surface area contributed by atoms with Gasteiger partial charge < -0.3 is 4.90 Å². The number of amides is 1. The molecule has 1 aliphatic heterocycles. The topological polar surface area (TPSA) is 23.6 Å². The van der Waals surface area contributed by atoms with E-state index in [0.29, 0.717) is 18.4 Å². The van der Waals surface area contributed by atoms with Crippen LogP contribution in [-0.4, -0.2) is 48.4 Å². The molecule has 1 saturated heterocycles. The predicted octanol–water partition coefficient (Wildman–Crippen LogP) is 3.69. The lowest BCUT2D eigenvalue weighted by Gasteiger charge is -2.38. The van der Waals surface area contributed by atoms with Crippen LogP contribution in [0.15, 0.2) is 24.3 Å². The Morgan fingerprint density at radius 3 is 2.61 bits per heavy atom. The normalized spacial score (nSPS) is 17.6. The van der Waals surface area contributed by atoms with Gasteiger partial charge in [0.1, 0.15) is 0 Å². The SMILES string of the molecule is CCCC(=O)N(C)C1CCN(CC2=Cc3ccccc32)CC1.Cl. The van der Waals surface area contributed by atoms with Gasteiger partial charge in [-0.3, -0.25) is 9.69 Å². The summed E-state index contributed by atoms with van der Waals surface area (Å²) in [6.45, 7) is 5.30. The van der Waals surface area contributed by atoms with Crippen molar-refractivity contribution in [3.05, 3.63) is 35.4 Å². The van der Waals surface area contributed by atoms with Gasteiger partial charge in [-0.1, -0.05) is 31.2 Å². The molecule has 0 spiro atoms. The minimum Gasteiger partial charge on any atom is -0.343 e. The fourth-order valence-electron chi connectivity index (χ4n) is 3.53. The Labute approximate surface area is 145 Å². The number of benzene rings is 1. The summed E-state index contributed by atoms with van der Waals surface area (Å²) in [5.41, 5.74) is 4.25. The smallest absolute Gasteiger partial charge is 0.222 e. The molecule has 2 aliphatic rings. The Morgan fingerprint density at radius 1 is 1.26 bits per heavy atom. The maximum Gasteiger partial charge on any atom is 0.222 e. The molecule has 1 aromatic carbocycles. The molecule has 4 heteroatoms. The monoisotopic (exact) mass is 334 g/mol. The van der Waals surface area contributed by atoms with Crippen LogP contribution in [-0.2, 0) is 4.79 Å². The number of rotatable bonds is 5. The first-order valence-electron chi connectivity index (χ1n) is 8.47. The number of nitrogens with zero attached hydrogens (tertiary/aromatic N) is 2. The van der Waals surface area contributed by atoms with E-state index in [1.54, 1.807) is 0 Å². The summed E-state index contributed by atoms with van der Waals surface area (Å²) in [6, 6.07) is 9.04. The molecule has 1 aliphatic carbocycles. The molecule has 3 nitrogen and oxygen atoms in total. The predicted molar refractivity (Wildman–Crippen MR) is 98.7 cm³/mol. The molecule has 0 aromatic heterocycles. The molecule has 1 heterocycles. The molecule has 23 heavy (non-hydrogen) atoms. The van der Waals surface area contributed by atoms with Gasteiger partial charge in [-0.2, -0.15) is 0 Å². The van der Waals surface area contributed by atoms with E-state index in [-0.39, 0.29) is 12.4 Å². The van der Waals surface area contributed by atoms with Crippen molar-refractivity contribution < 1.29 is 4.79 Å². The lowest BCUT2D eigenvalue weighted by Crippen LogP contribution is -2.46. The third-order valence-electron chi connectivity index (χ3n) is 4.99. The van der Waals surface area contributed by atoms with E-state index in [1.165, 1.54) is 16.7 Å². The standard InChI is InChI=1S/C19H26N2O.ClH/c1-3-6-19(22)20(2)17-9-11-21(12-10-17)14-16-13-15-7-4-5-8-18(15)16;/h4-5,7-8,13,17H,3,6,9-12,14H2,1-2H3;1H. The second-order valence-corrected chi connectivity index (χ2v) is 6.52. The summed E-state index contributed by atoms with van der Waals surface area (Å²) in [5, 5.41) is 0. The van der Waals surface area contributed by atoms with E-state index in [9.17, 15) is 4.79 Å². The molecule has 126 valence electrons. The van der Waals surface area contributed by atoms with Crippen LogP contribution in [0.4, 0.5) is 0 Å². The Balaban J connectivity index is 0.00000192. The fraction of sp³-hybridized carbons (Fsp3) is 0.526. The van der Waals surface area contributed by atoms with Gasteiger partial charge in [0.2, 0.25) is 5.91 Å². The number of fused-ring (bicyclic) bond motifs is 1. The molecule has 0 saturated carbocycles. The molecule has 1 fully saturated rings. The summed E-state index contributed by atoms with van der Waals surface area (Å²) >= 11 is 0. The molecule has 3 rings (SSSR count). The van der Waals surface area contributed by atoms with Crippen molar-refractivity contribution in [2.75, 3.05) is 26.7 Å². The van der Waals surface area contributed by atoms with Crippen LogP contribution in [0.3, 0.4) is 0 Å². The van der Waals surface area contributed by atoms with E-state index in [0.717, 1.165) is 38.9 Å². The molecule has 1 aromatic rings. The Kier molecular flexibility index (Phi) is 6.25. The van der Waals surface area contributed by atoms with Crippen molar-refractivity contribution >= 4 is 30.0 Å². The highest BCUT2D eigenvalue weighted by atomic mass is 35.5. The lowest BCUT2D eigenvalue weighted by atomic mass is 9.88. The molecule has 0 unspecified atom stereocenters. The van der Waals surface area contributed by atoms with Crippen molar-refractivity contribution in [1.29, 1.82) is 0 Å². The maximum absolute atomic E-state index is 12.0. The summed E-state index contributed by atoms with van der Waals surface area (Å²) in [4.78, 5) is 16.5. The number of halogens is 1. The van der Waals surface area contributed by atoms with Gasteiger partial charge in [-0.25, -0.2) is 0 Å². The summed E-state index contributed by atoms with van der Waals surface area (Å²) in [5.74, 6) is 0.302. The van der Waals surface area contributed by atoms with Gasteiger partial charge in [0.05, 0.1) is 0 Å². The first-order chi connectivity index (χ1) is 10.7. The number of likely N-dealkylation sites (tertiary alicyclic amines) is 1. The lowest BCUT2D eigenvalue weighted by molar-refractivity contribution is -0.132. The number of hydrogen-bond donors (Lipinski definition) is 0. The highest BCUT2D eigenvalue weighted by Crippen LogP contribution is 2.33. The summed E-state index contributed by atoms with van der Waals surface area (Å²) < 4.78 is 0. The molecule has 0 radical (unpaired) electrons. The summed E-state index contributed by atoms with van der Waals surface area (Å²) in [7, 11) is 1.98. The Bertz CT molecular complexity index is 576. The first-order valence-corrected chi connectivity index (χ1v) is 8.47.